The molecule has 2 rings (SSSR count). The van der Waals surface area contributed by atoms with Gasteiger partial charge in [0.05, 0.1) is 16.8 Å². The van der Waals surface area contributed by atoms with Crippen molar-refractivity contribution in [3.63, 3.8) is 0 Å². The van der Waals surface area contributed by atoms with Gasteiger partial charge in [0.15, 0.2) is 0 Å². The van der Waals surface area contributed by atoms with E-state index >= 15 is 0 Å². The normalized spacial score (nSPS) is 11.8. The largest absolute Gasteiger partial charge is 0.398 e. The first-order valence-corrected chi connectivity index (χ1v) is 7.58. The number of rotatable bonds is 5. The molecule has 0 aliphatic rings. The van der Waals surface area contributed by atoms with Gasteiger partial charge in [0, 0.05) is 28.3 Å². The van der Waals surface area contributed by atoms with Crippen molar-refractivity contribution in [1.82, 2.24) is 4.98 Å². The van der Waals surface area contributed by atoms with E-state index in [0.29, 0.717) is 25.1 Å². The Balaban J connectivity index is 2.34. The van der Waals surface area contributed by atoms with Crippen LogP contribution >= 0.6 is 15.9 Å². The third-order valence-corrected chi connectivity index (χ3v) is 4.21. The first-order valence-electron chi connectivity index (χ1n) is 6.79. The number of aromatic nitrogens is 1. The van der Waals surface area contributed by atoms with E-state index in [1.165, 1.54) is 0 Å². The van der Waals surface area contributed by atoms with Crippen LogP contribution in [0.5, 0.6) is 0 Å². The van der Waals surface area contributed by atoms with Crippen molar-refractivity contribution in [1.29, 1.82) is 0 Å². The Bertz CT molecular complexity index is 611. The molecule has 1 heterocycles. The van der Waals surface area contributed by atoms with Crippen LogP contribution in [0.3, 0.4) is 0 Å². The zero-order chi connectivity index (χ0) is 14.8. The number of fused-ring (bicyclic) bond motifs is 1. The van der Waals surface area contributed by atoms with Crippen LogP contribution in [0, 0.1) is 0 Å². The van der Waals surface area contributed by atoms with Gasteiger partial charge in [-0.3, -0.25) is 4.98 Å². The fraction of sp³-hybridized carbons (Fsp3) is 0.400. The molecule has 4 N–H and O–H groups in total. The van der Waals surface area contributed by atoms with E-state index in [1.807, 2.05) is 32.0 Å². The van der Waals surface area contributed by atoms with Crippen LogP contribution in [-0.4, -0.2) is 22.2 Å². The van der Waals surface area contributed by atoms with Gasteiger partial charge in [0.1, 0.15) is 0 Å². The fourth-order valence-corrected chi connectivity index (χ4v) is 2.45. The molecule has 0 amide bonds. The Hall–Kier alpha value is -1.33. The predicted octanol–water partition coefficient (Wildman–Crippen LogP) is 3.54. The minimum Gasteiger partial charge on any atom is -0.398 e. The molecule has 0 unspecified atom stereocenters. The van der Waals surface area contributed by atoms with E-state index < -0.39 is 5.60 Å². The summed E-state index contributed by atoms with van der Waals surface area (Å²) in [4.78, 5) is 4.42. The third-order valence-electron chi connectivity index (χ3n) is 3.77. The van der Waals surface area contributed by atoms with Gasteiger partial charge in [-0.2, -0.15) is 0 Å². The Kier molecular flexibility index (Phi) is 4.50. The molecule has 0 aliphatic heterocycles. The highest BCUT2D eigenvalue weighted by atomic mass is 79.9. The molecule has 0 aliphatic carbocycles. The quantitative estimate of drug-likeness (QED) is 0.729. The van der Waals surface area contributed by atoms with Gasteiger partial charge in [-0.05, 0) is 47.0 Å². The lowest BCUT2D eigenvalue weighted by atomic mass is 9.97. The van der Waals surface area contributed by atoms with Gasteiger partial charge >= 0.3 is 0 Å². The van der Waals surface area contributed by atoms with E-state index in [9.17, 15) is 5.11 Å². The van der Waals surface area contributed by atoms with Crippen molar-refractivity contribution >= 4 is 38.2 Å². The molecular formula is C15H20BrN3O. The van der Waals surface area contributed by atoms with Crippen molar-refractivity contribution in [3.8, 4) is 0 Å². The maximum Gasteiger partial charge on any atom is 0.0954 e. The standard InChI is InChI=1S/C15H20BrN3O/c1-3-15(20,4-2)9-19-13-6-5-12(17)11-7-10(16)8-18-14(11)13/h5-8,19-20H,3-4,9,17H2,1-2H3. The second kappa shape index (κ2) is 5.97. The summed E-state index contributed by atoms with van der Waals surface area (Å²) in [6.07, 6.45) is 3.17. The first kappa shape index (κ1) is 15.1. The second-order valence-electron chi connectivity index (χ2n) is 5.04. The lowest BCUT2D eigenvalue weighted by Gasteiger charge is -2.26. The van der Waals surface area contributed by atoms with Gasteiger partial charge in [-0.1, -0.05) is 13.8 Å². The summed E-state index contributed by atoms with van der Waals surface area (Å²) < 4.78 is 0.896. The zero-order valence-corrected chi connectivity index (χ0v) is 13.4. The van der Waals surface area contributed by atoms with Gasteiger partial charge < -0.3 is 16.2 Å². The fourth-order valence-electron chi connectivity index (χ4n) is 2.12. The molecule has 4 nitrogen and oxygen atoms in total. The average molecular weight is 338 g/mol. The molecule has 0 atom stereocenters. The summed E-state index contributed by atoms with van der Waals surface area (Å²) in [5.74, 6) is 0. The molecule has 1 aromatic carbocycles. The molecule has 1 aromatic heterocycles. The number of benzene rings is 1. The molecule has 0 fully saturated rings. The Labute approximate surface area is 127 Å². The maximum atomic E-state index is 10.3. The summed E-state index contributed by atoms with van der Waals surface area (Å²) in [6, 6.07) is 5.72. The van der Waals surface area contributed by atoms with E-state index in [1.54, 1.807) is 6.20 Å². The number of aliphatic hydroxyl groups is 1. The van der Waals surface area contributed by atoms with E-state index in [-0.39, 0.29) is 0 Å². The van der Waals surface area contributed by atoms with Crippen molar-refractivity contribution in [2.75, 3.05) is 17.6 Å². The van der Waals surface area contributed by atoms with Crippen molar-refractivity contribution in [3.05, 3.63) is 28.9 Å². The summed E-state index contributed by atoms with van der Waals surface area (Å²) in [5.41, 5.74) is 7.71. The molecule has 2 aromatic rings. The zero-order valence-electron chi connectivity index (χ0n) is 11.8. The van der Waals surface area contributed by atoms with Gasteiger partial charge in [-0.15, -0.1) is 0 Å². The van der Waals surface area contributed by atoms with Gasteiger partial charge in [0.25, 0.3) is 0 Å². The summed E-state index contributed by atoms with van der Waals surface area (Å²) in [7, 11) is 0. The van der Waals surface area contributed by atoms with Crippen LogP contribution in [0.2, 0.25) is 0 Å². The number of nitrogen functional groups attached to an aromatic ring is 1. The first-order chi connectivity index (χ1) is 9.49. The van der Waals surface area contributed by atoms with E-state index in [0.717, 1.165) is 21.1 Å². The number of nitrogens with zero attached hydrogens (tertiary/aromatic N) is 1. The molecule has 0 saturated heterocycles. The van der Waals surface area contributed by atoms with E-state index in [4.69, 9.17) is 5.73 Å². The van der Waals surface area contributed by atoms with Gasteiger partial charge in [0.2, 0.25) is 0 Å². The number of hydrogen-bond donors (Lipinski definition) is 3. The molecular weight excluding hydrogens is 318 g/mol. The van der Waals surface area contributed by atoms with Gasteiger partial charge in [-0.25, -0.2) is 0 Å². The smallest absolute Gasteiger partial charge is 0.0954 e. The second-order valence-corrected chi connectivity index (χ2v) is 5.95. The SMILES string of the molecule is CCC(O)(CC)CNc1ccc(N)c2cc(Br)cnc12. The van der Waals surface area contributed by atoms with Crippen LogP contribution < -0.4 is 11.1 Å². The lowest BCUT2D eigenvalue weighted by Crippen LogP contribution is -2.35. The lowest BCUT2D eigenvalue weighted by molar-refractivity contribution is 0.0457. The molecule has 0 saturated carbocycles. The highest BCUT2D eigenvalue weighted by molar-refractivity contribution is 9.10. The van der Waals surface area contributed by atoms with Crippen molar-refractivity contribution in [2.45, 2.75) is 32.3 Å². The molecule has 5 heteroatoms. The summed E-state index contributed by atoms with van der Waals surface area (Å²) in [5, 5.41) is 14.5. The number of anilines is 2. The molecule has 0 spiro atoms. The topological polar surface area (TPSA) is 71.2 Å². The van der Waals surface area contributed by atoms with Crippen LogP contribution in [0.1, 0.15) is 26.7 Å². The monoisotopic (exact) mass is 337 g/mol. The Morgan fingerprint density at radius 1 is 1.35 bits per heavy atom. The number of nitrogens with two attached hydrogens (primary N) is 1. The predicted molar refractivity (Wildman–Crippen MR) is 87.9 cm³/mol. The number of hydrogen-bond acceptors (Lipinski definition) is 4. The Morgan fingerprint density at radius 3 is 2.70 bits per heavy atom. The van der Waals surface area contributed by atoms with E-state index in [2.05, 4.69) is 26.2 Å². The Morgan fingerprint density at radius 2 is 2.05 bits per heavy atom. The van der Waals surface area contributed by atoms with Crippen LogP contribution in [0.15, 0.2) is 28.9 Å². The maximum absolute atomic E-state index is 10.3. The number of halogens is 1. The minimum atomic E-state index is -0.691. The van der Waals surface area contributed by atoms with Crippen molar-refractivity contribution < 1.29 is 5.11 Å². The molecule has 20 heavy (non-hydrogen) atoms. The minimum absolute atomic E-state index is 0.497. The molecule has 0 radical (unpaired) electrons. The third kappa shape index (κ3) is 3.04. The highest BCUT2D eigenvalue weighted by Crippen LogP contribution is 2.29. The van der Waals surface area contributed by atoms with Crippen LogP contribution in [-0.2, 0) is 0 Å². The molecule has 0 bridgehead atoms. The average Bonchev–Trinajstić information content (AvgIpc) is 2.46. The molecule has 108 valence electrons. The summed E-state index contributed by atoms with van der Waals surface area (Å²) in [6.45, 7) is 4.47. The van der Waals surface area contributed by atoms with Crippen LogP contribution in [0.4, 0.5) is 11.4 Å². The van der Waals surface area contributed by atoms with Crippen LogP contribution in [0.25, 0.3) is 10.9 Å². The summed E-state index contributed by atoms with van der Waals surface area (Å²) >= 11 is 3.41. The van der Waals surface area contributed by atoms with Crippen molar-refractivity contribution in [2.24, 2.45) is 0 Å². The highest BCUT2D eigenvalue weighted by Gasteiger charge is 2.22. The number of pyridine rings is 1. The number of nitrogens with one attached hydrogen (secondary N) is 1.